The van der Waals surface area contributed by atoms with E-state index in [0.29, 0.717) is 18.1 Å². The molecule has 188 valence electrons. The number of hydrogen-bond donors (Lipinski definition) is 0. The Hall–Kier alpha value is -2.87. The van der Waals surface area contributed by atoms with Crippen molar-refractivity contribution in [2.24, 2.45) is 11.8 Å². The summed E-state index contributed by atoms with van der Waals surface area (Å²) in [7, 11) is 0. The molecule has 2 aromatic rings. The first-order valence-electron chi connectivity index (χ1n) is 13.2. The Morgan fingerprint density at radius 1 is 0.914 bits per heavy atom. The first-order valence-corrected chi connectivity index (χ1v) is 13.2. The summed E-state index contributed by atoms with van der Waals surface area (Å²) in [6.07, 6.45) is 16.1. The van der Waals surface area contributed by atoms with Crippen LogP contribution in [0.5, 0.6) is 11.5 Å². The van der Waals surface area contributed by atoms with Crippen molar-refractivity contribution in [1.82, 2.24) is 0 Å². The number of benzene rings is 2. The average molecular weight is 480 g/mol. The normalized spacial score (nSPS) is 17.5. The van der Waals surface area contributed by atoms with Crippen molar-refractivity contribution in [2.45, 2.75) is 84.0 Å². The van der Waals surface area contributed by atoms with Crippen LogP contribution < -0.4 is 9.47 Å². The van der Waals surface area contributed by atoms with Gasteiger partial charge in [-0.25, -0.2) is 9.18 Å². The van der Waals surface area contributed by atoms with Gasteiger partial charge in [0.05, 0.1) is 17.7 Å². The largest absolute Gasteiger partial charge is 0.493 e. The zero-order chi connectivity index (χ0) is 24.9. The lowest BCUT2D eigenvalue weighted by Crippen LogP contribution is -2.20. The van der Waals surface area contributed by atoms with Crippen molar-refractivity contribution in [3.05, 3.63) is 59.4 Å². The van der Waals surface area contributed by atoms with Gasteiger partial charge in [0.1, 0.15) is 23.4 Å². The summed E-state index contributed by atoms with van der Waals surface area (Å²) in [4.78, 5) is 12.3. The van der Waals surface area contributed by atoms with Gasteiger partial charge >= 0.3 is 5.97 Å². The van der Waals surface area contributed by atoms with E-state index < -0.39 is 11.8 Å². The van der Waals surface area contributed by atoms with Gasteiger partial charge in [-0.05, 0) is 61.1 Å². The Morgan fingerprint density at radius 3 is 2.20 bits per heavy atom. The molecule has 5 heteroatoms. The Labute approximate surface area is 209 Å². The summed E-state index contributed by atoms with van der Waals surface area (Å²) in [5, 5.41) is 8.79. The lowest BCUT2D eigenvalue weighted by molar-refractivity contribution is 0.0734. The number of nitriles is 1. The smallest absolute Gasteiger partial charge is 0.343 e. The highest BCUT2D eigenvalue weighted by Gasteiger charge is 2.21. The summed E-state index contributed by atoms with van der Waals surface area (Å²) >= 11 is 0. The maximum Gasteiger partial charge on any atom is 0.343 e. The molecule has 0 spiro atoms. The average Bonchev–Trinajstić information content (AvgIpc) is 2.88. The van der Waals surface area contributed by atoms with Crippen molar-refractivity contribution >= 4 is 5.97 Å². The second kappa shape index (κ2) is 14.5. The molecule has 0 unspecified atom stereocenters. The fraction of sp³-hybridized carbons (Fsp3) is 0.533. The molecule has 0 aromatic heterocycles. The molecule has 0 saturated heterocycles. The SMILES string of the molecule is CCCCCCCCC[C@H]1CC[C@H](COc2ccc(C(=O)Oc3ccc(C#N)c(F)c3)cc2)CC1. The molecule has 1 aliphatic carbocycles. The van der Waals surface area contributed by atoms with Crippen LogP contribution in [0.3, 0.4) is 0 Å². The van der Waals surface area contributed by atoms with E-state index in [1.807, 2.05) is 0 Å². The van der Waals surface area contributed by atoms with Gasteiger partial charge in [0.15, 0.2) is 0 Å². The summed E-state index contributed by atoms with van der Waals surface area (Å²) < 4.78 is 24.9. The molecule has 0 heterocycles. The Kier molecular flexibility index (Phi) is 11.1. The number of hydrogen-bond acceptors (Lipinski definition) is 4. The zero-order valence-corrected chi connectivity index (χ0v) is 20.9. The Balaban J connectivity index is 1.33. The van der Waals surface area contributed by atoms with Crippen LogP contribution in [-0.4, -0.2) is 12.6 Å². The minimum absolute atomic E-state index is 0.0643. The number of carbonyl (C=O) groups is 1. The molecule has 0 radical (unpaired) electrons. The number of halogens is 1. The van der Waals surface area contributed by atoms with Crippen LogP contribution in [0.4, 0.5) is 4.39 Å². The van der Waals surface area contributed by atoms with Crippen molar-refractivity contribution in [1.29, 1.82) is 5.26 Å². The quantitative estimate of drug-likeness (QED) is 0.165. The van der Waals surface area contributed by atoms with Crippen molar-refractivity contribution in [3.8, 4) is 17.6 Å². The molecule has 0 N–H and O–H groups in total. The highest BCUT2D eigenvalue weighted by molar-refractivity contribution is 5.91. The van der Waals surface area contributed by atoms with Crippen LogP contribution in [0.25, 0.3) is 0 Å². The first kappa shape index (κ1) is 26.7. The van der Waals surface area contributed by atoms with Crippen molar-refractivity contribution in [3.63, 3.8) is 0 Å². The van der Waals surface area contributed by atoms with Crippen LogP contribution in [0.2, 0.25) is 0 Å². The summed E-state index contributed by atoms with van der Waals surface area (Å²) in [5.41, 5.74) is 0.265. The number of ether oxygens (including phenoxy) is 2. The maximum absolute atomic E-state index is 13.7. The molecule has 0 aliphatic heterocycles. The third kappa shape index (κ3) is 9.02. The molecule has 0 atom stereocenters. The molecule has 1 fully saturated rings. The predicted molar refractivity (Wildman–Crippen MR) is 136 cm³/mol. The molecule has 0 bridgehead atoms. The molecule has 0 amide bonds. The molecule has 4 nitrogen and oxygen atoms in total. The van der Waals surface area contributed by atoms with E-state index in [-0.39, 0.29) is 11.3 Å². The highest BCUT2D eigenvalue weighted by atomic mass is 19.1. The second-order valence-corrected chi connectivity index (χ2v) is 9.78. The van der Waals surface area contributed by atoms with E-state index >= 15 is 0 Å². The van der Waals surface area contributed by atoms with E-state index in [0.717, 1.165) is 17.7 Å². The number of nitrogens with zero attached hydrogens (tertiary/aromatic N) is 1. The van der Waals surface area contributed by atoms with Gasteiger partial charge in [-0.3, -0.25) is 0 Å². The molecule has 35 heavy (non-hydrogen) atoms. The van der Waals surface area contributed by atoms with Crippen molar-refractivity contribution < 1.29 is 18.7 Å². The van der Waals surface area contributed by atoms with E-state index in [2.05, 4.69) is 6.92 Å². The second-order valence-electron chi connectivity index (χ2n) is 9.78. The molecule has 2 aromatic carbocycles. The summed E-state index contributed by atoms with van der Waals surface area (Å²) in [5.74, 6) is 0.979. The maximum atomic E-state index is 13.7. The van der Waals surface area contributed by atoms with Gasteiger partial charge in [0.25, 0.3) is 0 Å². The molecular weight excluding hydrogens is 441 g/mol. The summed E-state index contributed by atoms with van der Waals surface area (Å²) in [6.45, 7) is 2.97. The van der Waals surface area contributed by atoms with Crippen molar-refractivity contribution in [2.75, 3.05) is 6.61 Å². The standard InChI is InChI=1S/C30H38FNO3/c1-2-3-4-5-6-7-8-9-23-10-12-24(13-11-23)22-34-27-17-14-25(15-18-27)30(33)35-28-19-16-26(21-32)29(31)20-28/h14-20,23-24H,2-13,22H2,1H3/t23-,24-. The fourth-order valence-corrected chi connectivity index (χ4v) is 4.79. The minimum atomic E-state index is -0.714. The van der Waals surface area contributed by atoms with Gasteiger partial charge in [-0.1, -0.05) is 71.1 Å². The predicted octanol–water partition coefficient (Wildman–Crippen LogP) is 8.24. The monoisotopic (exact) mass is 479 g/mol. The van der Waals surface area contributed by atoms with E-state index in [9.17, 15) is 9.18 Å². The third-order valence-electron chi connectivity index (χ3n) is 7.03. The lowest BCUT2D eigenvalue weighted by Gasteiger charge is -2.28. The van der Waals surface area contributed by atoms with E-state index in [1.165, 1.54) is 89.2 Å². The number of esters is 1. The lowest BCUT2D eigenvalue weighted by atomic mass is 9.80. The topological polar surface area (TPSA) is 59.3 Å². The molecule has 3 rings (SSSR count). The van der Waals surface area contributed by atoms with E-state index in [4.69, 9.17) is 14.7 Å². The molecule has 1 aliphatic rings. The van der Waals surface area contributed by atoms with Gasteiger partial charge < -0.3 is 9.47 Å². The van der Waals surface area contributed by atoms with Crippen LogP contribution in [0.1, 0.15) is 99.9 Å². The number of rotatable bonds is 13. The first-order chi connectivity index (χ1) is 17.1. The van der Waals surface area contributed by atoms with Crippen LogP contribution in [0.15, 0.2) is 42.5 Å². The minimum Gasteiger partial charge on any atom is -0.493 e. The highest BCUT2D eigenvalue weighted by Crippen LogP contribution is 2.32. The number of unbranched alkanes of at least 4 members (excludes halogenated alkanes) is 6. The molecular formula is C30H38FNO3. The van der Waals surface area contributed by atoms with E-state index in [1.54, 1.807) is 30.3 Å². The Morgan fingerprint density at radius 2 is 1.54 bits per heavy atom. The van der Waals surface area contributed by atoms with Crippen LogP contribution in [0, 0.1) is 29.0 Å². The van der Waals surface area contributed by atoms with Gasteiger partial charge in [0.2, 0.25) is 0 Å². The van der Waals surface area contributed by atoms with Crippen LogP contribution in [-0.2, 0) is 0 Å². The van der Waals surface area contributed by atoms with Crippen LogP contribution >= 0.6 is 0 Å². The van der Waals surface area contributed by atoms with Gasteiger partial charge in [-0.15, -0.1) is 0 Å². The fourth-order valence-electron chi connectivity index (χ4n) is 4.79. The summed E-state index contributed by atoms with van der Waals surface area (Å²) in [6, 6.07) is 12.3. The van der Waals surface area contributed by atoms with Gasteiger partial charge in [0, 0.05) is 6.07 Å². The third-order valence-corrected chi connectivity index (χ3v) is 7.03. The molecule has 1 saturated carbocycles. The Bertz CT molecular complexity index is 959. The zero-order valence-electron chi connectivity index (χ0n) is 20.9. The number of carbonyl (C=O) groups excluding carboxylic acids is 1. The van der Waals surface area contributed by atoms with Gasteiger partial charge in [-0.2, -0.15) is 5.26 Å².